The Hall–Kier alpha value is -1.62. The van der Waals surface area contributed by atoms with E-state index in [0.29, 0.717) is 12.0 Å². The lowest BCUT2D eigenvalue weighted by atomic mass is 10.1. The Morgan fingerprint density at radius 3 is 2.60 bits per heavy atom. The Bertz CT molecular complexity index is 445. The fraction of sp³-hybridized carbons (Fsp3) is 0.533. The van der Waals surface area contributed by atoms with E-state index in [-0.39, 0.29) is 12.4 Å². The molecule has 0 aromatic heterocycles. The molecular weight excluding hydrogens is 263 g/mol. The Labute approximate surface area is 118 Å². The number of hydrogen-bond acceptors (Lipinski definition) is 4. The molecule has 1 rings (SSSR count). The average Bonchev–Trinajstić information content (AvgIpc) is 2.40. The second-order valence-electron chi connectivity index (χ2n) is 4.51. The standard InChI is InChI=1S/C15H21FO4/c1-4-6-14(15(18)19-5-2)20-13-8-7-11(10(3)17)9-12(13)16/h7-10,14,17H,4-6H2,1-3H3. The number of esters is 1. The molecule has 2 atom stereocenters. The van der Waals surface area contributed by atoms with Crippen molar-refractivity contribution in [2.24, 2.45) is 0 Å². The highest BCUT2D eigenvalue weighted by Gasteiger charge is 2.22. The fourth-order valence-corrected chi connectivity index (χ4v) is 1.75. The maximum Gasteiger partial charge on any atom is 0.347 e. The van der Waals surface area contributed by atoms with Gasteiger partial charge in [0.25, 0.3) is 0 Å². The van der Waals surface area contributed by atoms with Crippen molar-refractivity contribution in [3.05, 3.63) is 29.6 Å². The van der Waals surface area contributed by atoms with Crippen LogP contribution in [0, 0.1) is 5.82 Å². The Balaban J connectivity index is 2.85. The SMILES string of the molecule is CCCC(Oc1ccc(C(C)O)cc1F)C(=O)OCC. The van der Waals surface area contributed by atoms with Gasteiger partial charge < -0.3 is 14.6 Å². The molecule has 2 unspecified atom stereocenters. The lowest BCUT2D eigenvalue weighted by Crippen LogP contribution is -2.29. The van der Waals surface area contributed by atoms with Gasteiger partial charge in [0.15, 0.2) is 17.7 Å². The van der Waals surface area contributed by atoms with Crippen LogP contribution in [0.4, 0.5) is 4.39 Å². The molecular formula is C15H21FO4. The summed E-state index contributed by atoms with van der Waals surface area (Å²) in [6.45, 7) is 5.42. The lowest BCUT2D eigenvalue weighted by Gasteiger charge is -2.18. The zero-order valence-corrected chi connectivity index (χ0v) is 12.1. The fourth-order valence-electron chi connectivity index (χ4n) is 1.75. The molecule has 5 heteroatoms. The summed E-state index contributed by atoms with van der Waals surface area (Å²) >= 11 is 0. The first-order valence-electron chi connectivity index (χ1n) is 6.80. The van der Waals surface area contributed by atoms with Crippen LogP contribution in [0.25, 0.3) is 0 Å². The van der Waals surface area contributed by atoms with Gasteiger partial charge >= 0.3 is 5.97 Å². The van der Waals surface area contributed by atoms with E-state index in [2.05, 4.69) is 0 Å². The molecule has 0 fully saturated rings. The summed E-state index contributed by atoms with van der Waals surface area (Å²) in [6.07, 6.45) is -0.394. The first-order chi connectivity index (χ1) is 9.49. The van der Waals surface area contributed by atoms with Gasteiger partial charge in [-0.05, 0) is 38.0 Å². The largest absolute Gasteiger partial charge is 0.476 e. The van der Waals surface area contributed by atoms with Crippen molar-refractivity contribution < 1.29 is 23.8 Å². The van der Waals surface area contributed by atoms with Crippen molar-refractivity contribution in [3.63, 3.8) is 0 Å². The van der Waals surface area contributed by atoms with E-state index in [4.69, 9.17) is 9.47 Å². The third-order valence-electron chi connectivity index (χ3n) is 2.81. The van der Waals surface area contributed by atoms with Crippen LogP contribution >= 0.6 is 0 Å². The van der Waals surface area contributed by atoms with Gasteiger partial charge in [0.05, 0.1) is 12.7 Å². The van der Waals surface area contributed by atoms with Gasteiger partial charge in [-0.15, -0.1) is 0 Å². The van der Waals surface area contributed by atoms with Gasteiger partial charge in [-0.25, -0.2) is 9.18 Å². The molecule has 0 saturated carbocycles. The first kappa shape index (κ1) is 16.4. The summed E-state index contributed by atoms with van der Waals surface area (Å²) in [5.74, 6) is -1.11. The second kappa shape index (κ2) is 7.85. The molecule has 1 aromatic carbocycles. The smallest absolute Gasteiger partial charge is 0.347 e. The lowest BCUT2D eigenvalue weighted by molar-refractivity contribution is -0.151. The minimum absolute atomic E-state index is 0.0131. The molecule has 0 spiro atoms. The number of rotatable bonds is 7. The van der Waals surface area contributed by atoms with Crippen molar-refractivity contribution in [2.75, 3.05) is 6.61 Å². The van der Waals surface area contributed by atoms with Crippen molar-refractivity contribution in [3.8, 4) is 5.75 Å². The van der Waals surface area contributed by atoms with Crippen LogP contribution < -0.4 is 4.74 Å². The maximum atomic E-state index is 13.9. The predicted octanol–water partition coefficient (Wildman–Crippen LogP) is 2.99. The molecule has 112 valence electrons. The van der Waals surface area contributed by atoms with Gasteiger partial charge in [0.1, 0.15) is 0 Å². The molecule has 20 heavy (non-hydrogen) atoms. The second-order valence-corrected chi connectivity index (χ2v) is 4.51. The number of ether oxygens (including phenoxy) is 2. The Kier molecular flexibility index (Phi) is 6.45. The van der Waals surface area contributed by atoms with E-state index in [1.165, 1.54) is 12.1 Å². The summed E-state index contributed by atoms with van der Waals surface area (Å²) in [7, 11) is 0. The van der Waals surface area contributed by atoms with Crippen molar-refractivity contribution >= 4 is 5.97 Å². The summed E-state index contributed by atoms with van der Waals surface area (Å²) in [4.78, 5) is 11.7. The van der Waals surface area contributed by atoms with Crippen LogP contribution in [0.1, 0.15) is 45.3 Å². The molecule has 4 nitrogen and oxygen atoms in total. The molecule has 0 saturated heterocycles. The topological polar surface area (TPSA) is 55.8 Å². The highest BCUT2D eigenvalue weighted by Crippen LogP contribution is 2.24. The molecule has 1 aromatic rings. The quantitative estimate of drug-likeness (QED) is 0.782. The van der Waals surface area contributed by atoms with Crippen LogP contribution in [0.15, 0.2) is 18.2 Å². The van der Waals surface area contributed by atoms with E-state index < -0.39 is 24.0 Å². The zero-order chi connectivity index (χ0) is 15.1. The van der Waals surface area contributed by atoms with E-state index in [0.717, 1.165) is 6.42 Å². The molecule has 0 heterocycles. The van der Waals surface area contributed by atoms with Crippen LogP contribution in [0.3, 0.4) is 0 Å². The van der Waals surface area contributed by atoms with E-state index in [9.17, 15) is 14.3 Å². The predicted molar refractivity (Wildman–Crippen MR) is 73.0 cm³/mol. The third kappa shape index (κ3) is 4.49. The molecule has 0 bridgehead atoms. The third-order valence-corrected chi connectivity index (χ3v) is 2.81. The van der Waals surface area contributed by atoms with Crippen molar-refractivity contribution in [1.29, 1.82) is 0 Å². The Morgan fingerprint density at radius 2 is 2.10 bits per heavy atom. The molecule has 1 N–H and O–H groups in total. The molecule has 0 aliphatic carbocycles. The van der Waals surface area contributed by atoms with Gasteiger partial charge in [-0.1, -0.05) is 19.4 Å². The minimum Gasteiger partial charge on any atom is -0.476 e. The molecule has 0 aliphatic heterocycles. The highest BCUT2D eigenvalue weighted by atomic mass is 19.1. The highest BCUT2D eigenvalue weighted by molar-refractivity contribution is 5.75. The van der Waals surface area contributed by atoms with E-state index in [1.54, 1.807) is 19.9 Å². The van der Waals surface area contributed by atoms with Gasteiger partial charge in [0.2, 0.25) is 0 Å². The number of aliphatic hydroxyl groups excluding tert-OH is 1. The van der Waals surface area contributed by atoms with Crippen LogP contribution in [0.2, 0.25) is 0 Å². The Morgan fingerprint density at radius 1 is 1.40 bits per heavy atom. The van der Waals surface area contributed by atoms with Gasteiger partial charge in [-0.2, -0.15) is 0 Å². The molecule has 0 amide bonds. The van der Waals surface area contributed by atoms with Gasteiger partial charge in [0, 0.05) is 0 Å². The van der Waals surface area contributed by atoms with Gasteiger partial charge in [-0.3, -0.25) is 0 Å². The van der Waals surface area contributed by atoms with Crippen LogP contribution in [-0.4, -0.2) is 23.8 Å². The summed E-state index contributed by atoms with van der Waals surface area (Å²) in [6, 6.07) is 4.19. The van der Waals surface area contributed by atoms with E-state index in [1.807, 2.05) is 6.92 Å². The normalized spacial score (nSPS) is 13.7. The molecule has 0 aliphatic rings. The first-order valence-corrected chi connectivity index (χ1v) is 6.80. The van der Waals surface area contributed by atoms with E-state index >= 15 is 0 Å². The average molecular weight is 284 g/mol. The van der Waals surface area contributed by atoms with Crippen LogP contribution in [0.5, 0.6) is 5.75 Å². The summed E-state index contributed by atoms with van der Waals surface area (Å²) < 4.78 is 24.2. The van der Waals surface area contributed by atoms with Crippen molar-refractivity contribution in [2.45, 2.75) is 45.8 Å². The number of aliphatic hydroxyl groups is 1. The number of benzene rings is 1. The molecule has 0 radical (unpaired) electrons. The summed E-state index contributed by atoms with van der Waals surface area (Å²) in [5, 5.41) is 9.38. The maximum absolute atomic E-state index is 13.9. The summed E-state index contributed by atoms with van der Waals surface area (Å²) in [5.41, 5.74) is 0.457. The number of halogens is 1. The minimum atomic E-state index is -0.813. The number of hydrogen-bond donors (Lipinski definition) is 1. The number of carbonyl (C=O) groups is 1. The van der Waals surface area contributed by atoms with Crippen LogP contribution in [-0.2, 0) is 9.53 Å². The number of carbonyl (C=O) groups excluding carboxylic acids is 1. The van der Waals surface area contributed by atoms with Crippen molar-refractivity contribution in [1.82, 2.24) is 0 Å². The monoisotopic (exact) mass is 284 g/mol. The zero-order valence-electron chi connectivity index (χ0n) is 12.1.